The molecule has 4 N–H and O–H groups in total. The van der Waals surface area contributed by atoms with Crippen LogP contribution >= 0.6 is 0 Å². The standard InChI is InChI=1S/C19H39NO.C18H37NO/c1-3-5-6-7-8-9-10-11-12-13-14-15-17-18(16-4-2)19(20)21;1-3-5-6-7-8-9-10-11-12-13-14-15-16-17(4-2)18(19)20/h18H,3-17H2,1-2H3,(H2,20,21);17H,3-16H2,1-2H3,(H2,19,20). The maximum atomic E-state index is 11.2. The van der Waals surface area contributed by atoms with Crippen molar-refractivity contribution in [1.82, 2.24) is 0 Å². The lowest BCUT2D eigenvalue weighted by molar-refractivity contribution is -0.123. The summed E-state index contributed by atoms with van der Waals surface area (Å²) in [6, 6.07) is 0. The first-order valence-corrected chi connectivity index (χ1v) is 18.5. The molecule has 41 heavy (non-hydrogen) atoms. The number of hydrogen-bond acceptors (Lipinski definition) is 2. The molecule has 0 aliphatic heterocycles. The van der Waals surface area contributed by atoms with Gasteiger partial charge in [0.1, 0.15) is 0 Å². The van der Waals surface area contributed by atoms with Crippen molar-refractivity contribution in [2.24, 2.45) is 23.3 Å². The number of primary amides is 2. The highest BCUT2D eigenvalue weighted by Gasteiger charge is 2.13. The van der Waals surface area contributed by atoms with Crippen LogP contribution in [-0.4, -0.2) is 11.8 Å². The quantitative estimate of drug-likeness (QED) is 0.0799. The minimum atomic E-state index is -0.115. The fraction of sp³-hybridized carbons (Fsp3) is 0.946. The fourth-order valence-electron chi connectivity index (χ4n) is 5.79. The van der Waals surface area contributed by atoms with Crippen LogP contribution < -0.4 is 11.5 Å². The van der Waals surface area contributed by atoms with Crippen molar-refractivity contribution in [1.29, 1.82) is 0 Å². The molecule has 2 amide bonds. The van der Waals surface area contributed by atoms with Gasteiger partial charge in [-0.05, 0) is 25.7 Å². The number of unbranched alkanes of at least 4 members (excludes halogenated alkanes) is 22. The highest BCUT2D eigenvalue weighted by atomic mass is 16.1. The van der Waals surface area contributed by atoms with Gasteiger partial charge < -0.3 is 11.5 Å². The summed E-state index contributed by atoms with van der Waals surface area (Å²) in [6.45, 7) is 8.72. The van der Waals surface area contributed by atoms with Gasteiger partial charge in [0.2, 0.25) is 11.8 Å². The first-order chi connectivity index (χ1) is 19.9. The van der Waals surface area contributed by atoms with Crippen LogP contribution in [0.4, 0.5) is 0 Å². The van der Waals surface area contributed by atoms with E-state index in [9.17, 15) is 9.59 Å². The van der Waals surface area contributed by atoms with Crippen molar-refractivity contribution in [3.63, 3.8) is 0 Å². The molecule has 0 bridgehead atoms. The number of hydrogen-bond donors (Lipinski definition) is 2. The Morgan fingerprint density at radius 3 is 0.878 bits per heavy atom. The number of carbonyl (C=O) groups excluding carboxylic acids is 2. The maximum absolute atomic E-state index is 11.2. The van der Waals surface area contributed by atoms with Crippen molar-refractivity contribution < 1.29 is 9.59 Å². The molecule has 0 fully saturated rings. The summed E-state index contributed by atoms with van der Waals surface area (Å²) in [5.74, 6) is 0.0201. The Hall–Kier alpha value is -1.06. The number of nitrogens with two attached hydrogens (primary N) is 2. The minimum Gasteiger partial charge on any atom is -0.369 e. The Labute approximate surface area is 258 Å². The molecule has 0 aromatic rings. The van der Waals surface area contributed by atoms with E-state index in [0.717, 1.165) is 32.1 Å². The molecule has 0 heterocycles. The largest absolute Gasteiger partial charge is 0.369 e. The maximum Gasteiger partial charge on any atom is 0.220 e. The molecule has 2 atom stereocenters. The minimum absolute atomic E-state index is 0.0973. The summed E-state index contributed by atoms with van der Waals surface area (Å²) < 4.78 is 0. The van der Waals surface area contributed by atoms with Gasteiger partial charge in [-0.1, -0.05) is 188 Å². The Balaban J connectivity index is 0. The summed E-state index contributed by atoms with van der Waals surface area (Å²) in [7, 11) is 0. The Morgan fingerprint density at radius 1 is 0.366 bits per heavy atom. The van der Waals surface area contributed by atoms with Gasteiger partial charge in [0.15, 0.2) is 0 Å². The van der Waals surface area contributed by atoms with Gasteiger partial charge in [-0.25, -0.2) is 0 Å². The van der Waals surface area contributed by atoms with Gasteiger partial charge in [-0.15, -0.1) is 0 Å². The molecule has 0 aliphatic carbocycles. The van der Waals surface area contributed by atoms with Gasteiger partial charge in [0.25, 0.3) is 0 Å². The molecule has 0 saturated carbocycles. The molecule has 4 nitrogen and oxygen atoms in total. The van der Waals surface area contributed by atoms with E-state index in [1.165, 1.54) is 154 Å². The normalized spacial score (nSPS) is 12.5. The Morgan fingerprint density at radius 2 is 0.634 bits per heavy atom. The third kappa shape index (κ3) is 33.3. The number of rotatable bonds is 31. The lowest BCUT2D eigenvalue weighted by Gasteiger charge is -2.11. The average molecular weight is 581 g/mol. The molecule has 0 aromatic heterocycles. The SMILES string of the molecule is CCCCCCCCCCCCCCC(CC)C(N)=O.CCCCCCCCCCCCCCC(CCC)C(N)=O. The summed E-state index contributed by atoms with van der Waals surface area (Å²) in [5.41, 5.74) is 10.8. The zero-order valence-corrected chi connectivity index (χ0v) is 28.6. The first-order valence-electron chi connectivity index (χ1n) is 18.5. The summed E-state index contributed by atoms with van der Waals surface area (Å²) in [6.07, 6.45) is 37.7. The van der Waals surface area contributed by atoms with Crippen molar-refractivity contribution >= 4 is 11.8 Å². The van der Waals surface area contributed by atoms with E-state index in [2.05, 4.69) is 27.7 Å². The second kappa shape index (κ2) is 35.1. The van der Waals surface area contributed by atoms with Crippen molar-refractivity contribution in [2.45, 2.75) is 214 Å². The fourth-order valence-corrected chi connectivity index (χ4v) is 5.79. The van der Waals surface area contributed by atoms with Gasteiger partial charge in [-0.3, -0.25) is 9.59 Å². The summed E-state index contributed by atoms with van der Waals surface area (Å²) >= 11 is 0. The Kier molecular flexibility index (Phi) is 36.1. The van der Waals surface area contributed by atoms with Crippen molar-refractivity contribution in [3.05, 3.63) is 0 Å². The van der Waals surface area contributed by atoms with Crippen molar-refractivity contribution in [3.8, 4) is 0 Å². The molecule has 0 aromatic carbocycles. The second-order valence-electron chi connectivity index (χ2n) is 12.8. The predicted molar refractivity (Wildman–Crippen MR) is 182 cm³/mol. The number of carbonyl (C=O) groups is 2. The first kappa shape index (κ1) is 42.1. The predicted octanol–water partition coefficient (Wildman–Crippen LogP) is 11.6. The lowest BCUT2D eigenvalue weighted by Crippen LogP contribution is -2.23. The van der Waals surface area contributed by atoms with Crippen LogP contribution in [0.2, 0.25) is 0 Å². The van der Waals surface area contributed by atoms with Crippen LogP contribution in [0, 0.1) is 11.8 Å². The highest BCUT2D eigenvalue weighted by Crippen LogP contribution is 2.18. The molecule has 0 spiro atoms. The van der Waals surface area contributed by atoms with E-state index in [-0.39, 0.29) is 23.7 Å². The zero-order valence-electron chi connectivity index (χ0n) is 28.6. The van der Waals surface area contributed by atoms with Gasteiger partial charge in [0.05, 0.1) is 0 Å². The van der Waals surface area contributed by atoms with E-state index in [0.29, 0.717) is 0 Å². The molecule has 0 saturated heterocycles. The van der Waals surface area contributed by atoms with E-state index in [4.69, 9.17) is 11.5 Å². The second-order valence-corrected chi connectivity index (χ2v) is 12.8. The van der Waals surface area contributed by atoms with E-state index >= 15 is 0 Å². The van der Waals surface area contributed by atoms with Crippen molar-refractivity contribution in [2.75, 3.05) is 0 Å². The van der Waals surface area contributed by atoms with Crippen LogP contribution in [0.5, 0.6) is 0 Å². The monoisotopic (exact) mass is 581 g/mol. The Bertz CT molecular complexity index is 537. The number of amides is 2. The molecule has 0 rings (SSSR count). The van der Waals surface area contributed by atoms with Crippen LogP contribution in [0.15, 0.2) is 0 Å². The molecule has 4 heteroatoms. The van der Waals surface area contributed by atoms with Gasteiger partial charge in [0, 0.05) is 11.8 Å². The van der Waals surface area contributed by atoms with E-state index in [1.54, 1.807) is 0 Å². The van der Waals surface area contributed by atoms with Gasteiger partial charge >= 0.3 is 0 Å². The molecule has 246 valence electrons. The van der Waals surface area contributed by atoms with E-state index < -0.39 is 0 Å². The summed E-state index contributed by atoms with van der Waals surface area (Å²) in [4.78, 5) is 22.3. The van der Waals surface area contributed by atoms with E-state index in [1.807, 2.05) is 0 Å². The third-order valence-electron chi connectivity index (χ3n) is 8.75. The van der Waals surface area contributed by atoms with Crippen LogP contribution in [0.1, 0.15) is 214 Å². The zero-order chi connectivity index (χ0) is 30.8. The van der Waals surface area contributed by atoms with Crippen LogP contribution in [-0.2, 0) is 9.59 Å². The van der Waals surface area contributed by atoms with Crippen LogP contribution in [0.25, 0.3) is 0 Å². The molecular formula is C37H76N2O2. The third-order valence-corrected chi connectivity index (χ3v) is 8.75. The molecule has 2 unspecified atom stereocenters. The lowest BCUT2D eigenvalue weighted by atomic mass is 9.95. The molecule has 0 aliphatic rings. The highest BCUT2D eigenvalue weighted by molar-refractivity contribution is 5.76. The van der Waals surface area contributed by atoms with Gasteiger partial charge in [-0.2, -0.15) is 0 Å². The summed E-state index contributed by atoms with van der Waals surface area (Å²) in [5, 5.41) is 0. The topological polar surface area (TPSA) is 86.2 Å². The average Bonchev–Trinajstić information content (AvgIpc) is 2.95. The molecule has 0 radical (unpaired) electrons. The van der Waals surface area contributed by atoms with Crippen LogP contribution in [0.3, 0.4) is 0 Å². The molecular weight excluding hydrogens is 504 g/mol. The smallest absolute Gasteiger partial charge is 0.220 e.